The summed E-state index contributed by atoms with van der Waals surface area (Å²) in [6.45, 7) is 3.96. The van der Waals surface area contributed by atoms with E-state index < -0.39 is 17.7 Å². The second-order valence-corrected chi connectivity index (χ2v) is 5.17. The fraction of sp³-hybridized carbons (Fsp3) is 0.917. The van der Waals surface area contributed by atoms with Gasteiger partial charge in [0.25, 0.3) is 0 Å². The predicted molar refractivity (Wildman–Crippen MR) is 60.3 cm³/mol. The fourth-order valence-electron chi connectivity index (χ4n) is 2.68. The van der Waals surface area contributed by atoms with E-state index in [0.717, 1.165) is 12.8 Å². The van der Waals surface area contributed by atoms with Crippen LogP contribution in [0.2, 0.25) is 0 Å². The molecule has 3 atom stereocenters. The molecule has 1 saturated heterocycles. The van der Waals surface area contributed by atoms with Crippen molar-refractivity contribution in [1.29, 1.82) is 0 Å². The number of esters is 1. The molecule has 1 heterocycles. The number of rotatable bonds is 4. The molecule has 3 unspecified atom stereocenters. The number of ether oxygens (including phenoxy) is 1. The third kappa shape index (κ3) is 2.45. The average Bonchev–Trinajstić information content (AvgIpc) is 3.05. The zero-order valence-corrected chi connectivity index (χ0v) is 10.4. The smallest absolute Gasteiger partial charge is 0.343 e. The highest BCUT2D eigenvalue weighted by atomic mass is 19.1. The minimum Gasteiger partial charge on any atom is -0.464 e. The lowest BCUT2D eigenvalue weighted by atomic mass is 9.95. The molecule has 1 aliphatic heterocycles. The van der Waals surface area contributed by atoms with Crippen molar-refractivity contribution in [3.8, 4) is 0 Å². The van der Waals surface area contributed by atoms with E-state index in [0.29, 0.717) is 12.5 Å². The zero-order chi connectivity index (χ0) is 12.6. The molecule has 2 aliphatic rings. The zero-order valence-electron chi connectivity index (χ0n) is 10.4. The molecule has 98 valence electrons. The van der Waals surface area contributed by atoms with E-state index in [9.17, 15) is 14.3 Å². The molecule has 1 N–H and O–H groups in total. The minimum absolute atomic E-state index is 0.125. The van der Waals surface area contributed by atoms with Gasteiger partial charge < -0.3 is 9.84 Å². The fourth-order valence-corrected chi connectivity index (χ4v) is 2.68. The summed E-state index contributed by atoms with van der Waals surface area (Å²) in [5.41, 5.74) is -1.58. The summed E-state index contributed by atoms with van der Waals surface area (Å²) in [6, 6.07) is 0.591. The van der Waals surface area contributed by atoms with E-state index in [1.807, 2.05) is 6.92 Å². The van der Waals surface area contributed by atoms with E-state index in [1.54, 1.807) is 6.92 Å². The minimum atomic E-state index is -1.94. The second kappa shape index (κ2) is 4.53. The Morgan fingerprint density at radius 1 is 1.65 bits per heavy atom. The number of hydrogen-bond donors (Lipinski definition) is 1. The first kappa shape index (κ1) is 12.8. The van der Waals surface area contributed by atoms with Crippen molar-refractivity contribution in [2.75, 3.05) is 13.2 Å². The van der Waals surface area contributed by atoms with Gasteiger partial charge in [-0.05, 0) is 33.1 Å². The Balaban J connectivity index is 2.01. The van der Waals surface area contributed by atoms with Crippen LogP contribution in [0.15, 0.2) is 0 Å². The van der Waals surface area contributed by atoms with E-state index >= 15 is 0 Å². The number of alkyl halides is 1. The van der Waals surface area contributed by atoms with Crippen LogP contribution >= 0.6 is 0 Å². The summed E-state index contributed by atoms with van der Waals surface area (Å²) >= 11 is 0. The predicted octanol–water partition coefficient (Wildman–Crippen LogP) is 0.875. The third-order valence-electron chi connectivity index (χ3n) is 3.65. The molecule has 0 bridgehead atoms. The molecule has 17 heavy (non-hydrogen) atoms. The number of β-amino-alcohol motifs (C(OH)–C–C–N with tert-alkyl or cyclic N) is 1. The van der Waals surface area contributed by atoms with Gasteiger partial charge in [0.1, 0.15) is 5.60 Å². The first-order valence-corrected chi connectivity index (χ1v) is 6.27. The van der Waals surface area contributed by atoms with Gasteiger partial charge in [0.15, 0.2) is 0 Å². The van der Waals surface area contributed by atoms with Crippen molar-refractivity contribution in [2.24, 2.45) is 0 Å². The van der Waals surface area contributed by atoms with Gasteiger partial charge in [-0.15, -0.1) is 0 Å². The highest BCUT2D eigenvalue weighted by Crippen LogP contribution is 2.39. The maximum Gasteiger partial charge on any atom is 0.343 e. The molecule has 0 aromatic carbocycles. The number of aliphatic hydroxyl groups is 1. The van der Waals surface area contributed by atoms with Crippen LogP contribution in [0.4, 0.5) is 4.39 Å². The van der Waals surface area contributed by atoms with Crippen molar-refractivity contribution in [1.82, 2.24) is 4.90 Å². The van der Waals surface area contributed by atoms with Gasteiger partial charge in [-0.3, -0.25) is 4.90 Å². The molecule has 0 aromatic rings. The topological polar surface area (TPSA) is 49.8 Å². The molecule has 0 aromatic heterocycles. The van der Waals surface area contributed by atoms with Crippen molar-refractivity contribution in [3.05, 3.63) is 0 Å². The number of likely N-dealkylation sites (tertiary alicyclic amines) is 1. The maximum absolute atomic E-state index is 14.0. The lowest BCUT2D eigenvalue weighted by Crippen LogP contribution is -2.47. The van der Waals surface area contributed by atoms with Gasteiger partial charge in [-0.1, -0.05) is 0 Å². The maximum atomic E-state index is 14.0. The largest absolute Gasteiger partial charge is 0.464 e. The van der Waals surface area contributed by atoms with Crippen LogP contribution in [0, 0.1) is 0 Å². The van der Waals surface area contributed by atoms with Gasteiger partial charge in [0.05, 0.1) is 6.61 Å². The molecule has 2 fully saturated rings. The van der Waals surface area contributed by atoms with Crippen molar-refractivity contribution in [2.45, 2.75) is 57.0 Å². The SMILES string of the molecule is CCOC(=O)C(F)C1(O)CC(C)N(C2CC2)C1. The van der Waals surface area contributed by atoms with Crippen molar-refractivity contribution < 1.29 is 19.0 Å². The summed E-state index contributed by atoms with van der Waals surface area (Å²) in [4.78, 5) is 13.5. The molecular weight excluding hydrogens is 225 g/mol. The normalized spacial score (nSPS) is 35.9. The molecule has 0 amide bonds. The number of halogens is 1. The van der Waals surface area contributed by atoms with Gasteiger partial charge in [0, 0.05) is 18.6 Å². The summed E-state index contributed by atoms with van der Waals surface area (Å²) in [6.07, 6.45) is 0.575. The molecule has 4 nitrogen and oxygen atoms in total. The first-order valence-electron chi connectivity index (χ1n) is 6.27. The van der Waals surface area contributed by atoms with Crippen LogP contribution in [0.1, 0.15) is 33.1 Å². The van der Waals surface area contributed by atoms with Gasteiger partial charge >= 0.3 is 5.97 Å². The molecule has 1 aliphatic carbocycles. The molecule has 0 radical (unpaired) electrons. The third-order valence-corrected chi connectivity index (χ3v) is 3.65. The van der Waals surface area contributed by atoms with E-state index in [-0.39, 0.29) is 19.2 Å². The lowest BCUT2D eigenvalue weighted by Gasteiger charge is -2.25. The lowest BCUT2D eigenvalue weighted by molar-refractivity contribution is -0.159. The van der Waals surface area contributed by atoms with Crippen LogP contribution in [0.25, 0.3) is 0 Å². The van der Waals surface area contributed by atoms with Gasteiger partial charge in [0.2, 0.25) is 6.17 Å². The number of carbonyl (C=O) groups excluding carboxylic acids is 1. The Morgan fingerprint density at radius 2 is 2.29 bits per heavy atom. The van der Waals surface area contributed by atoms with Crippen molar-refractivity contribution >= 4 is 5.97 Å². The molecule has 1 saturated carbocycles. The molecule has 5 heteroatoms. The van der Waals surface area contributed by atoms with Crippen molar-refractivity contribution in [3.63, 3.8) is 0 Å². The highest BCUT2D eigenvalue weighted by Gasteiger charge is 2.53. The monoisotopic (exact) mass is 245 g/mol. The van der Waals surface area contributed by atoms with Crippen LogP contribution in [0.3, 0.4) is 0 Å². The van der Waals surface area contributed by atoms with Crippen LogP contribution < -0.4 is 0 Å². The summed E-state index contributed by atoms with van der Waals surface area (Å²) < 4.78 is 18.6. The average molecular weight is 245 g/mol. The summed E-state index contributed by atoms with van der Waals surface area (Å²) in [7, 11) is 0. The second-order valence-electron chi connectivity index (χ2n) is 5.17. The van der Waals surface area contributed by atoms with Crippen LogP contribution in [-0.2, 0) is 9.53 Å². The Bertz CT molecular complexity index is 308. The summed E-state index contributed by atoms with van der Waals surface area (Å²) in [5, 5.41) is 10.3. The molecule has 0 spiro atoms. The Labute approximate surface area is 101 Å². The molecule has 2 rings (SSSR count). The van der Waals surface area contributed by atoms with E-state index in [1.165, 1.54) is 0 Å². The number of hydrogen-bond acceptors (Lipinski definition) is 4. The Hall–Kier alpha value is -0.680. The first-order chi connectivity index (χ1) is 7.98. The van der Waals surface area contributed by atoms with Crippen LogP contribution in [0.5, 0.6) is 0 Å². The number of nitrogens with zero attached hydrogens (tertiary/aromatic N) is 1. The molecular formula is C12H20FNO3. The Kier molecular flexibility index (Phi) is 3.41. The summed E-state index contributed by atoms with van der Waals surface area (Å²) in [5.74, 6) is -0.945. The van der Waals surface area contributed by atoms with E-state index in [2.05, 4.69) is 9.64 Å². The highest BCUT2D eigenvalue weighted by molar-refractivity contribution is 5.76. The van der Waals surface area contributed by atoms with Crippen LogP contribution in [-0.4, -0.2) is 53.0 Å². The quantitative estimate of drug-likeness (QED) is 0.747. The number of carbonyl (C=O) groups is 1. The standard InChI is InChI=1S/C12H20FNO3/c1-3-17-11(15)10(13)12(16)6-8(2)14(7-12)9-4-5-9/h8-10,16H,3-7H2,1-2H3. The van der Waals surface area contributed by atoms with Gasteiger partial charge in [-0.25, -0.2) is 9.18 Å². The Morgan fingerprint density at radius 3 is 2.82 bits per heavy atom. The van der Waals surface area contributed by atoms with E-state index in [4.69, 9.17) is 0 Å². The van der Waals surface area contributed by atoms with Gasteiger partial charge in [-0.2, -0.15) is 0 Å².